The van der Waals surface area contributed by atoms with Crippen LogP contribution in [0.15, 0.2) is 71.7 Å². The van der Waals surface area contributed by atoms with E-state index in [9.17, 15) is 9.90 Å². The second-order valence-electron chi connectivity index (χ2n) is 7.87. The van der Waals surface area contributed by atoms with E-state index in [2.05, 4.69) is 5.32 Å². The summed E-state index contributed by atoms with van der Waals surface area (Å²) in [6.07, 6.45) is 0.198. The van der Waals surface area contributed by atoms with Crippen LogP contribution in [0.3, 0.4) is 0 Å². The van der Waals surface area contributed by atoms with Gasteiger partial charge in [0.1, 0.15) is 11.9 Å². The van der Waals surface area contributed by atoms with Crippen LogP contribution in [0.5, 0.6) is 17.2 Å². The van der Waals surface area contributed by atoms with Gasteiger partial charge in [-0.25, -0.2) is 4.79 Å². The summed E-state index contributed by atoms with van der Waals surface area (Å²) in [5, 5.41) is 14.4. The highest BCUT2D eigenvalue weighted by Gasteiger charge is 2.28. The molecule has 2 atom stereocenters. The monoisotopic (exact) mass is 460 g/mol. The molecule has 3 aromatic rings. The number of carbonyl (C=O) groups excluding carboxylic acids is 1. The number of hydrogen-bond donors (Lipinski definition) is 2. The predicted octanol–water partition coefficient (Wildman–Crippen LogP) is 4.81. The van der Waals surface area contributed by atoms with E-state index in [-0.39, 0.29) is 23.9 Å². The van der Waals surface area contributed by atoms with Crippen LogP contribution < -0.4 is 14.8 Å². The molecule has 2 N–H and O–H groups in total. The summed E-state index contributed by atoms with van der Waals surface area (Å²) in [5.41, 5.74) is 3.98. The van der Waals surface area contributed by atoms with Crippen molar-refractivity contribution in [3.05, 3.63) is 89.0 Å². The third-order valence-electron chi connectivity index (χ3n) is 5.82. The first kappa shape index (κ1) is 23.3. The van der Waals surface area contributed by atoms with Gasteiger partial charge < -0.3 is 19.3 Å². The van der Waals surface area contributed by atoms with Gasteiger partial charge in [-0.05, 0) is 60.5 Å². The fourth-order valence-electron chi connectivity index (χ4n) is 4.05. The van der Waals surface area contributed by atoms with Crippen molar-refractivity contribution in [3.63, 3.8) is 0 Å². The first-order valence-corrected chi connectivity index (χ1v) is 11.1. The van der Waals surface area contributed by atoms with Crippen LogP contribution in [0.2, 0.25) is 0 Å². The number of nitrogens with one attached hydrogen (secondary N) is 1. The summed E-state index contributed by atoms with van der Waals surface area (Å²) in [7, 11) is 2.99. The topological polar surface area (TPSA) is 89.4 Å². The van der Waals surface area contributed by atoms with Crippen LogP contribution in [0.4, 0.5) is 0 Å². The first-order chi connectivity index (χ1) is 16.5. The van der Waals surface area contributed by atoms with Crippen molar-refractivity contribution in [3.8, 4) is 17.2 Å². The second-order valence-corrected chi connectivity index (χ2v) is 7.87. The first-order valence-electron chi connectivity index (χ1n) is 11.1. The molecule has 0 radical (unpaired) electrons. The van der Waals surface area contributed by atoms with Gasteiger partial charge in [0.25, 0.3) is 0 Å². The molecule has 7 nitrogen and oxygen atoms in total. The zero-order valence-corrected chi connectivity index (χ0v) is 19.4. The molecule has 1 aliphatic heterocycles. The van der Waals surface area contributed by atoms with Crippen molar-refractivity contribution >= 4 is 11.7 Å². The van der Waals surface area contributed by atoms with Crippen LogP contribution in [0.25, 0.3) is 0 Å². The summed E-state index contributed by atoms with van der Waals surface area (Å²) < 4.78 is 15.7. The van der Waals surface area contributed by atoms with Crippen molar-refractivity contribution in [2.45, 2.75) is 25.6 Å². The Morgan fingerprint density at radius 2 is 1.79 bits per heavy atom. The van der Waals surface area contributed by atoms with Crippen LogP contribution >= 0.6 is 0 Å². The minimum atomic E-state index is -0.388. The Hall–Kier alpha value is -3.84. The molecule has 0 aromatic heterocycles. The third-order valence-corrected chi connectivity index (χ3v) is 5.82. The molecular formula is C27H28N2O5. The minimum absolute atomic E-state index is 0.123. The molecule has 0 bridgehead atoms. The van der Waals surface area contributed by atoms with E-state index in [0.29, 0.717) is 24.3 Å². The maximum Gasteiger partial charge on any atom is 0.337 e. The summed E-state index contributed by atoms with van der Waals surface area (Å²) in [6, 6.07) is 20.3. The van der Waals surface area contributed by atoms with E-state index in [1.807, 2.05) is 55.5 Å². The molecule has 34 heavy (non-hydrogen) atoms. The molecule has 0 fully saturated rings. The average Bonchev–Trinajstić information content (AvgIpc) is 2.89. The van der Waals surface area contributed by atoms with E-state index in [1.165, 1.54) is 7.11 Å². The highest BCUT2D eigenvalue weighted by Crippen LogP contribution is 2.39. The number of phenols is 1. The molecule has 0 amide bonds. The van der Waals surface area contributed by atoms with Gasteiger partial charge in [-0.15, -0.1) is 0 Å². The standard InChI is InChI=1S/C27H28N2O5/c1-4-34-24-7-5-6-21(25(24)30)23-16-22(17-12-14-20(32-2)15-13-17)28-26(29-23)18-8-10-19(11-9-18)27(31)33-3/h5-15,23,26,29-30H,4,16H2,1-3H3/t23-,26-/m0/s1. The van der Waals surface area contributed by atoms with Crippen LogP contribution in [-0.2, 0) is 4.74 Å². The Bertz CT molecular complexity index is 1170. The van der Waals surface area contributed by atoms with Gasteiger partial charge in [-0.2, -0.15) is 0 Å². The van der Waals surface area contributed by atoms with Gasteiger partial charge in [-0.1, -0.05) is 24.3 Å². The molecule has 7 heteroatoms. The Kier molecular flexibility index (Phi) is 7.13. The molecule has 176 valence electrons. The summed E-state index contributed by atoms with van der Waals surface area (Å²) >= 11 is 0. The van der Waals surface area contributed by atoms with E-state index in [0.717, 1.165) is 28.2 Å². The number of rotatable bonds is 7. The molecule has 3 aromatic carbocycles. The SMILES string of the molecule is CCOc1cccc([C@@H]2CC(c3ccc(OC)cc3)=N[C@H](c3ccc(C(=O)OC)cc3)N2)c1O. The van der Waals surface area contributed by atoms with E-state index < -0.39 is 0 Å². The summed E-state index contributed by atoms with van der Waals surface area (Å²) in [6.45, 7) is 2.34. The Balaban J connectivity index is 1.72. The lowest BCUT2D eigenvalue weighted by molar-refractivity contribution is 0.0600. The number of nitrogens with zero attached hydrogens (tertiary/aromatic N) is 1. The van der Waals surface area contributed by atoms with Crippen molar-refractivity contribution in [2.75, 3.05) is 20.8 Å². The van der Waals surface area contributed by atoms with Crippen molar-refractivity contribution in [1.82, 2.24) is 5.32 Å². The molecular weight excluding hydrogens is 432 g/mol. The van der Waals surface area contributed by atoms with Crippen LogP contribution in [0, 0.1) is 0 Å². The lowest BCUT2D eigenvalue weighted by Gasteiger charge is -2.31. The number of para-hydroxylation sites is 1. The highest BCUT2D eigenvalue weighted by atomic mass is 16.5. The highest BCUT2D eigenvalue weighted by molar-refractivity contribution is 6.01. The van der Waals surface area contributed by atoms with Crippen LogP contribution in [-0.4, -0.2) is 37.6 Å². The second kappa shape index (κ2) is 10.4. The van der Waals surface area contributed by atoms with Crippen molar-refractivity contribution in [1.29, 1.82) is 0 Å². The fourth-order valence-corrected chi connectivity index (χ4v) is 4.05. The number of aromatic hydroxyl groups is 1. The number of hydrogen-bond acceptors (Lipinski definition) is 7. The van der Waals surface area contributed by atoms with Gasteiger partial charge in [-0.3, -0.25) is 10.3 Å². The number of methoxy groups -OCH3 is 2. The number of esters is 1. The number of ether oxygens (including phenoxy) is 3. The van der Waals surface area contributed by atoms with Crippen molar-refractivity contribution in [2.24, 2.45) is 4.99 Å². The van der Waals surface area contributed by atoms with Crippen molar-refractivity contribution < 1.29 is 24.1 Å². The maximum absolute atomic E-state index is 11.8. The lowest BCUT2D eigenvalue weighted by Crippen LogP contribution is -2.33. The average molecular weight is 461 g/mol. The quantitative estimate of drug-likeness (QED) is 0.492. The minimum Gasteiger partial charge on any atom is -0.504 e. The summed E-state index contributed by atoms with van der Waals surface area (Å²) in [4.78, 5) is 16.8. The molecule has 0 unspecified atom stereocenters. The smallest absolute Gasteiger partial charge is 0.337 e. The molecule has 0 saturated heterocycles. The van der Waals surface area contributed by atoms with Crippen LogP contribution in [0.1, 0.15) is 52.6 Å². The van der Waals surface area contributed by atoms with E-state index >= 15 is 0 Å². The van der Waals surface area contributed by atoms with Gasteiger partial charge in [0.2, 0.25) is 0 Å². The molecule has 1 heterocycles. The Morgan fingerprint density at radius 1 is 1.06 bits per heavy atom. The lowest BCUT2D eigenvalue weighted by atomic mass is 9.93. The van der Waals surface area contributed by atoms with Gasteiger partial charge in [0.15, 0.2) is 11.5 Å². The molecule has 0 spiro atoms. The molecule has 0 saturated carbocycles. The Morgan fingerprint density at radius 3 is 2.44 bits per heavy atom. The van der Waals surface area contributed by atoms with E-state index in [4.69, 9.17) is 19.2 Å². The molecule has 0 aliphatic carbocycles. The molecule has 1 aliphatic rings. The van der Waals surface area contributed by atoms with Gasteiger partial charge in [0, 0.05) is 23.7 Å². The number of benzene rings is 3. The Labute approximate surface area is 199 Å². The zero-order valence-electron chi connectivity index (χ0n) is 19.4. The van der Waals surface area contributed by atoms with Gasteiger partial charge in [0.05, 0.1) is 26.4 Å². The van der Waals surface area contributed by atoms with Gasteiger partial charge >= 0.3 is 5.97 Å². The normalized spacial score (nSPS) is 17.6. The largest absolute Gasteiger partial charge is 0.504 e. The number of carbonyl (C=O) groups is 1. The fraction of sp³-hybridized carbons (Fsp3) is 0.259. The third kappa shape index (κ3) is 4.89. The predicted molar refractivity (Wildman–Crippen MR) is 130 cm³/mol. The number of phenolic OH excluding ortho intramolecular Hbond substituents is 1. The maximum atomic E-state index is 11.8. The zero-order chi connectivity index (χ0) is 24.1. The number of aliphatic imine (C=N–C) groups is 1. The summed E-state index contributed by atoms with van der Waals surface area (Å²) in [5.74, 6) is 0.958. The molecule has 4 rings (SSSR count). The van der Waals surface area contributed by atoms with E-state index in [1.54, 1.807) is 25.3 Å².